The predicted octanol–water partition coefficient (Wildman–Crippen LogP) is 7.54. The molecular formula is C42H57F2N3O8. The number of rotatable bonds is 23. The first-order valence-corrected chi connectivity index (χ1v) is 19.8. The Kier molecular flexibility index (Phi) is 18.2. The molecule has 0 bridgehead atoms. The van der Waals surface area contributed by atoms with Crippen LogP contribution in [0.2, 0.25) is 0 Å². The van der Waals surface area contributed by atoms with E-state index in [4.69, 9.17) is 14.2 Å². The van der Waals surface area contributed by atoms with Crippen molar-refractivity contribution in [3.8, 4) is 5.75 Å². The van der Waals surface area contributed by atoms with E-state index in [0.29, 0.717) is 31.9 Å². The molecule has 302 valence electrons. The Morgan fingerprint density at radius 3 is 2.31 bits per heavy atom. The van der Waals surface area contributed by atoms with Crippen LogP contribution in [-0.4, -0.2) is 57.9 Å². The van der Waals surface area contributed by atoms with Gasteiger partial charge in [-0.3, -0.25) is 19.2 Å². The molecular weight excluding hydrogens is 712 g/mol. The van der Waals surface area contributed by atoms with E-state index in [1.165, 1.54) is 68.2 Å². The summed E-state index contributed by atoms with van der Waals surface area (Å²) >= 11 is 0. The van der Waals surface area contributed by atoms with Crippen LogP contribution in [0.25, 0.3) is 0 Å². The van der Waals surface area contributed by atoms with Crippen molar-refractivity contribution >= 4 is 17.8 Å². The summed E-state index contributed by atoms with van der Waals surface area (Å²) in [7, 11) is 0. The van der Waals surface area contributed by atoms with Crippen LogP contribution in [-0.2, 0) is 32.2 Å². The average Bonchev–Trinajstić information content (AvgIpc) is 3.53. The molecule has 0 spiro atoms. The SMILES string of the molecule is CCCCCCCCCCCCCC(=O)OC/C=C/CC/C=C/CC(=O)Oc1c2n(cc(C(=O)NCc3ccc(F)cc3F)c1=O)CC1OC[C@H](C)N1C2O. The summed E-state index contributed by atoms with van der Waals surface area (Å²) in [4.78, 5) is 53.5. The van der Waals surface area contributed by atoms with Gasteiger partial charge in [-0.25, -0.2) is 13.7 Å². The molecule has 1 saturated heterocycles. The van der Waals surface area contributed by atoms with Crippen LogP contribution in [0.4, 0.5) is 8.78 Å². The van der Waals surface area contributed by atoms with E-state index in [9.17, 15) is 33.1 Å². The lowest BCUT2D eigenvalue weighted by atomic mass is 10.1. The van der Waals surface area contributed by atoms with Gasteiger partial charge in [-0.1, -0.05) is 102 Å². The number of aliphatic hydroxyl groups excluding tert-OH is 1. The van der Waals surface area contributed by atoms with Gasteiger partial charge in [0.1, 0.15) is 35.7 Å². The van der Waals surface area contributed by atoms with Crippen molar-refractivity contribution in [2.45, 2.75) is 142 Å². The maximum absolute atomic E-state index is 14.2. The van der Waals surface area contributed by atoms with E-state index in [0.717, 1.165) is 25.3 Å². The molecule has 2 N–H and O–H groups in total. The predicted molar refractivity (Wildman–Crippen MR) is 204 cm³/mol. The highest BCUT2D eigenvalue weighted by molar-refractivity contribution is 5.94. The fourth-order valence-electron chi connectivity index (χ4n) is 6.81. The molecule has 0 saturated carbocycles. The monoisotopic (exact) mass is 769 g/mol. The number of fused-ring (bicyclic) bond motifs is 2. The number of carbonyl (C=O) groups is 3. The van der Waals surface area contributed by atoms with Crippen LogP contribution < -0.4 is 15.5 Å². The maximum atomic E-state index is 14.2. The Labute approximate surface area is 322 Å². The lowest BCUT2D eigenvalue weighted by molar-refractivity contribution is -0.142. The number of nitrogens with zero attached hydrogens (tertiary/aromatic N) is 2. The second-order valence-electron chi connectivity index (χ2n) is 14.3. The minimum absolute atomic E-state index is 0.00889. The number of carbonyl (C=O) groups excluding carboxylic acids is 3. The number of nitrogens with one attached hydrogen (secondary N) is 1. The first-order chi connectivity index (χ1) is 26.6. The number of aromatic nitrogens is 1. The van der Waals surface area contributed by atoms with E-state index >= 15 is 0 Å². The van der Waals surface area contributed by atoms with Gasteiger partial charge >= 0.3 is 11.9 Å². The zero-order chi connectivity index (χ0) is 39.6. The van der Waals surface area contributed by atoms with E-state index < -0.39 is 47.1 Å². The molecule has 0 radical (unpaired) electrons. The van der Waals surface area contributed by atoms with Crippen molar-refractivity contribution in [1.29, 1.82) is 0 Å². The molecule has 55 heavy (non-hydrogen) atoms. The molecule has 2 aliphatic rings. The number of allylic oxidation sites excluding steroid dienone is 2. The van der Waals surface area contributed by atoms with Gasteiger partial charge in [0.15, 0.2) is 6.23 Å². The zero-order valence-corrected chi connectivity index (χ0v) is 32.2. The summed E-state index contributed by atoms with van der Waals surface area (Å²) in [5.74, 6) is -3.95. The summed E-state index contributed by atoms with van der Waals surface area (Å²) in [6.45, 7) is 4.44. The van der Waals surface area contributed by atoms with Gasteiger partial charge in [-0.15, -0.1) is 0 Å². The van der Waals surface area contributed by atoms with Gasteiger partial charge < -0.3 is 29.2 Å². The van der Waals surface area contributed by atoms with Gasteiger partial charge in [-0.2, -0.15) is 0 Å². The number of hydrogen-bond acceptors (Lipinski definition) is 9. The molecule has 11 nitrogen and oxygen atoms in total. The first-order valence-electron chi connectivity index (χ1n) is 19.8. The van der Waals surface area contributed by atoms with Crippen LogP contribution in [0.3, 0.4) is 0 Å². The lowest BCUT2D eigenvalue weighted by Crippen LogP contribution is -2.47. The normalized spacial score (nSPS) is 18.1. The second-order valence-corrected chi connectivity index (χ2v) is 14.3. The number of halogens is 2. The molecule has 1 aromatic heterocycles. The Balaban J connectivity index is 1.21. The van der Waals surface area contributed by atoms with Gasteiger partial charge in [0.25, 0.3) is 5.91 Å². The van der Waals surface area contributed by atoms with Crippen molar-refractivity contribution in [2.75, 3.05) is 13.2 Å². The molecule has 2 aliphatic heterocycles. The molecule has 2 unspecified atom stereocenters. The highest BCUT2D eigenvalue weighted by Crippen LogP contribution is 2.37. The standard InChI is InChI=1S/C42H57F2N3O8/c1-3-4-5-6-7-8-9-10-11-14-17-20-36(48)53-24-19-16-13-12-15-18-21-37(49)55-40-38-42(52)47-30(2)29-54-35(47)28-46(38)27-33(39(40)50)41(51)45-26-31-22-23-32(43)25-34(31)44/h15-16,18-19,22-23,25,27,30,35,42,52H,3-14,17,20-21,24,26,28-29H2,1-2H3,(H,45,51)/b18-15+,19-16+/t30-,35?,42?/m0/s1. The third-order valence-electron chi connectivity index (χ3n) is 9.89. The van der Waals surface area contributed by atoms with Gasteiger partial charge in [-0.05, 0) is 32.3 Å². The van der Waals surface area contributed by atoms with Gasteiger partial charge in [0, 0.05) is 36.8 Å². The summed E-state index contributed by atoms with van der Waals surface area (Å²) in [5.41, 5.74) is -1.28. The van der Waals surface area contributed by atoms with Crippen LogP contribution in [0.1, 0.15) is 138 Å². The number of hydrogen-bond donors (Lipinski definition) is 2. The van der Waals surface area contributed by atoms with E-state index in [1.54, 1.807) is 23.1 Å². The lowest BCUT2D eigenvalue weighted by Gasteiger charge is -2.38. The summed E-state index contributed by atoms with van der Waals surface area (Å²) in [6.07, 6.45) is 21.4. The summed E-state index contributed by atoms with van der Waals surface area (Å²) < 4.78 is 45.6. The van der Waals surface area contributed by atoms with Crippen molar-refractivity contribution < 1.29 is 42.5 Å². The van der Waals surface area contributed by atoms with Crippen LogP contribution >= 0.6 is 0 Å². The molecule has 1 fully saturated rings. The summed E-state index contributed by atoms with van der Waals surface area (Å²) in [6, 6.07) is 2.73. The molecule has 1 aromatic carbocycles. The fourth-order valence-corrected chi connectivity index (χ4v) is 6.81. The largest absolute Gasteiger partial charge is 0.461 e. The number of pyridine rings is 1. The van der Waals surface area contributed by atoms with Crippen molar-refractivity contribution in [3.05, 3.63) is 87.4 Å². The Morgan fingerprint density at radius 1 is 0.945 bits per heavy atom. The highest BCUT2D eigenvalue weighted by atomic mass is 19.1. The molecule has 13 heteroatoms. The third kappa shape index (κ3) is 13.5. The minimum Gasteiger partial charge on any atom is -0.461 e. The topological polar surface area (TPSA) is 136 Å². The number of amides is 1. The van der Waals surface area contributed by atoms with Crippen LogP contribution in [0.15, 0.2) is 53.5 Å². The Hall–Kier alpha value is -4.20. The van der Waals surface area contributed by atoms with Gasteiger partial charge in [0.2, 0.25) is 11.2 Å². The highest BCUT2D eigenvalue weighted by Gasteiger charge is 2.44. The van der Waals surface area contributed by atoms with Gasteiger partial charge in [0.05, 0.1) is 19.6 Å². The molecule has 4 rings (SSSR count). The quantitative estimate of drug-likeness (QED) is 0.0668. The Bertz CT molecular complexity index is 1690. The summed E-state index contributed by atoms with van der Waals surface area (Å²) in [5, 5.41) is 13.8. The maximum Gasteiger partial charge on any atom is 0.315 e. The smallest absolute Gasteiger partial charge is 0.315 e. The number of ether oxygens (including phenoxy) is 3. The van der Waals surface area contributed by atoms with E-state index in [-0.39, 0.29) is 54.9 Å². The number of aliphatic hydroxyl groups is 1. The number of esters is 2. The minimum atomic E-state index is -1.36. The number of benzene rings is 1. The first kappa shape index (κ1) is 43.5. The van der Waals surface area contributed by atoms with E-state index in [2.05, 4.69) is 12.2 Å². The average molecular weight is 770 g/mol. The molecule has 0 aliphatic carbocycles. The van der Waals surface area contributed by atoms with E-state index in [1.807, 2.05) is 13.0 Å². The molecule has 2 aromatic rings. The van der Waals surface area contributed by atoms with Crippen molar-refractivity contribution in [2.24, 2.45) is 0 Å². The van der Waals surface area contributed by atoms with Crippen molar-refractivity contribution in [3.63, 3.8) is 0 Å². The molecule has 3 atom stereocenters. The van der Waals surface area contributed by atoms with Crippen LogP contribution in [0.5, 0.6) is 5.75 Å². The van der Waals surface area contributed by atoms with Crippen LogP contribution in [0, 0.1) is 11.6 Å². The molecule has 1 amide bonds. The third-order valence-corrected chi connectivity index (χ3v) is 9.89. The fraction of sp³-hybridized carbons (Fsp3) is 0.571. The zero-order valence-electron chi connectivity index (χ0n) is 32.2. The van der Waals surface area contributed by atoms with Crippen molar-refractivity contribution in [1.82, 2.24) is 14.8 Å². The molecule has 3 heterocycles. The Morgan fingerprint density at radius 2 is 1.62 bits per heavy atom. The second kappa shape index (κ2) is 23.0. The number of unbranched alkanes of at least 4 members (excludes halogenated alkanes) is 11.